The number of aliphatic carboxylic acids is 2. The molecule has 1 rings (SSSR count). The number of carbonyl (C=O) groups excluding carboxylic acids is 1. The van der Waals surface area contributed by atoms with Crippen LogP contribution in [0.25, 0.3) is 0 Å². The van der Waals surface area contributed by atoms with E-state index in [0.717, 1.165) is 32.5 Å². The molecule has 3 N–H and O–H groups in total. The molecule has 1 aliphatic rings. The van der Waals surface area contributed by atoms with Crippen LogP contribution < -0.4 is 5.32 Å². The van der Waals surface area contributed by atoms with E-state index >= 15 is 0 Å². The highest BCUT2D eigenvalue weighted by Gasteiger charge is 2.14. The Labute approximate surface area is 124 Å². The summed E-state index contributed by atoms with van der Waals surface area (Å²) in [4.78, 5) is 31.9. The van der Waals surface area contributed by atoms with E-state index in [4.69, 9.17) is 24.5 Å². The quantitative estimate of drug-likeness (QED) is 0.475. The number of nitrogens with zero attached hydrogens (tertiary/aromatic N) is 1. The lowest BCUT2D eigenvalue weighted by molar-refractivity contribution is -0.159. The number of methoxy groups -OCH3 is 1. The van der Waals surface area contributed by atoms with Gasteiger partial charge in [-0.25, -0.2) is 9.59 Å². The van der Waals surface area contributed by atoms with E-state index in [9.17, 15) is 4.79 Å². The zero-order chi connectivity index (χ0) is 16.1. The predicted octanol–water partition coefficient (Wildman–Crippen LogP) is -0.219. The summed E-state index contributed by atoms with van der Waals surface area (Å²) < 4.78 is 4.90. The van der Waals surface area contributed by atoms with Gasteiger partial charge in [-0.1, -0.05) is 12.8 Å². The third-order valence-electron chi connectivity index (χ3n) is 2.90. The van der Waals surface area contributed by atoms with Crippen molar-refractivity contribution in [2.24, 2.45) is 0 Å². The molecule has 1 heterocycles. The highest BCUT2D eigenvalue weighted by atomic mass is 16.5. The molecule has 8 nitrogen and oxygen atoms in total. The van der Waals surface area contributed by atoms with Crippen molar-refractivity contribution < 1.29 is 29.3 Å². The van der Waals surface area contributed by atoms with Crippen molar-refractivity contribution in [2.75, 3.05) is 39.9 Å². The minimum absolute atomic E-state index is 0.230. The van der Waals surface area contributed by atoms with Crippen LogP contribution in [0.1, 0.15) is 25.7 Å². The summed E-state index contributed by atoms with van der Waals surface area (Å²) in [5.74, 6) is -3.42. The Kier molecular flexibility index (Phi) is 11.1. The fourth-order valence-electron chi connectivity index (χ4n) is 1.80. The van der Waals surface area contributed by atoms with Crippen LogP contribution in [0.4, 0.5) is 0 Å². The second kappa shape index (κ2) is 12.1. The first-order chi connectivity index (χ1) is 9.99. The van der Waals surface area contributed by atoms with Crippen LogP contribution >= 0.6 is 0 Å². The molecule has 0 unspecified atom stereocenters. The van der Waals surface area contributed by atoms with Gasteiger partial charge in [0.2, 0.25) is 5.91 Å². The van der Waals surface area contributed by atoms with Gasteiger partial charge in [0.1, 0.15) is 0 Å². The summed E-state index contributed by atoms with van der Waals surface area (Å²) >= 11 is 0. The zero-order valence-corrected chi connectivity index (χ0v) is 12.3. The molecule has 122 valence electrons. The molecule has 1 amide bonds. The number of carbonyl (C=O) groups is 3. The van der Waals surface area contributed by atoms with E-state index in [1.807, 2.05) is 4.90 Å². The van der Waals surface area contributed by atoms with Gasteiger partial charge in [0, 0.05) is 26.7 Å². The molecule has 0 bridgehead atoms. The number of ether oxygens (including phenoxy) is 1. The molecule has 0 spiro atoms. The first-order valence-electron chi connectivity index (χ1n) is 6.92. The van der Waals surface area contributed by atoms with Gasteiger partial charge in [-0.15, -0.1) is 0 Å². The second-order valence-electron chi connectivity index (χ2n) is 4.57. The maximum Gasteiger partial charge on any atom is 0.414 e. The Balaban J connectivity index is 0.000000567. The summed E-state index contributed by atoms with van der Waals surface area (Å²) in [5.41, 5.74) is 0. The molecule has 0 aliphatic carbocycles. The molecule has 0 aromatic rings. The Morgan fingerprint density at radius 2 is 1.57 bits per heavy atom. The van der Waals surface area contributed by atoms with E-state index in [-0.39, 0.29) is 5.91 Å². The summed E-state index contributed by atoms with van der Waals surface area (Å²) in [7, 11) is 1.66. The van der Waals surface area contributed by atoms with Crippen molar-refractivity contribution in [2.45, 2.75) is 25.7 Å². The van der Waals surface area contributed by atoms with Gasteiger partial charge in [-0.2, -0.15) is 0 Å². The SMILES string of the molecule is COCCNCC(=O)N1CCCCCC1.O=C(O)C(=O)O. The normalized spacial score (nSPS) is 14.6. The molecule has 1 aliphatic heterocycles. The van der Waals surface area contributed by atoms with Gasteiger partial charge in [0.15, 0.2) is 0 Å². The van der Waals surface area contributed by atoms with E-state index in [2.05, 4.69) is 5.32 Å². The highest BCUT2D eigenvalue weighted by Crippen LogP contribution is 2.09. The van der Waals surface area contributed by atoms with Crippen molar-refractivity contribution in [3.63, 3.8) is 0 Å². The Morgan fingerprint density at radius 1 is 1.05 bits per heavy atom. The molecule has 0 radical (unpaired) electrons. The fourth-order valence-corrected chi connectivity index (χ4v) is 1.80. The van der Waals surface area contributed by atoms with Crippen LogP contribution in [-0.4, -0.2) is 72.9 Å². The van der Waals surface area contributed by atoms with Crippen LogP contribution in [-0.2, 0) is 19.1 Å². The molecule has 0 aromatic carbocycles. The summed E-state index contributed by atoms with van der Waals surface area (Å²) in [6, 6.07) is 0. The summed E-state index contributed by atoms with van der Waals surface area (Å²) in [6.07, 6.45) is 4.84. The van der Waals surface area contributed by atoms with Crippen LogP contribution in [0.5, 0.6) is 0 Å². The van der Waals surface area contributed by atoms with Crippen molar-refractivity contribution in [1.29, 1.82) is 0 Å². The average Bonchev–Trinajstić information content (AvgIpc) is 2.73. The minimum atomic E-state index is -1.82. The largest absolute Gasteiger partial charge is 0.473 e. The molecular weight excluding hydrogens is 280 g/mol. The Hall–Kier alpha value is -1.67. The number of hydrogen-bond donors (Lipinski definition) is 3. The molecule has 8 heteroatoms. The number of hydrogen-bond acceptors (Lipinski definition) is 5. The standard InChI is InChI=1S/C11H22N2O2.C2H2O4/c1-15-9-6-12-10-11(14)13-7-4-2-3-5-8-13;3-1(4)2(5)6/h12H,2-10H2,1H3;(H,3,4)(H,5,6). The number of rotatable bonds is 5. The summed E-state index contributed by atoms with van der Waals surface area (Å²) in [6.45, 7) is 3.72. The first kappa shape index (κ1) is 19.3. The second-order valence-corrected chi connectivity index (χ2v) is 4.57. The van der Waals surface area contributed by atoms with E-state index in [0.29, 0.717) is 13.2 Å². The molecule has 0 aromatic heterocycles. The van der Waals surface area contributed by atoms with Crippen molar-refractivity contribution >= 4 is 17.8 Å². The van der Waals surface area contributed by atoms with Gasteiger partial charge in [0.05, 0.1) is 13.2 Å². The lowest BCUT2D eigenvalue weighted by Crippen LogP contribution is -2.39. The van der Waals surface area contributed by atoms with Crippen LogP contribution in [0, 0.1) is 0 Å². The number of nitrogens with one attached hydrogen (secondary N) is 1. The lowest BCUT2D eigenvalue weighted by Gasteiger charge is -2.20. The van der Waals surface area contributed by atoms with E-state index in [1.165, 1.54) is 12.8 Å². The van der Waals surface area contributed by atoms with Gasteiger partial charge in [0.25, 0.3) is 0 Å². The van der Waals surface area contributed by atoms with Gasteiger partial charge >= 0.3 is 11.9 Å². The van der Waals surface area contributed by atoms with E-state index < -0.39 is 11.9 Å². The molecule has 1 saturated heterocycles. The van der Waals surface area contributed by atoms with Gasteiger partial charge in [-0.3, -0.25) is 4.79 Å². The van der Waals surface area contributed by atoms with Crippen molar-refractivity contribution in [3.8, 4) is 0 Å². The molecule has 0 atom stereocenters. The maximum absolute atomic E-state index is 11.7. The monoisotopic (exact) mass is 304 g/mol. The van der Waals surface area contributed by atoms with Crippen LogP contribution in [0.2, 0.25) is 0 Å². The Morgan fingerprint density at radius 3 is 2.00 bits per heavy atom. The first-order valence-corrected chi connectivity index (χ1v) is 6.92. The van der Waals surface area contributed by atoms with Gasteiger partial charge < -0.3 is 25.2 Å². The number of amides is 1. The highest BCUT2D eigenvalue weighted by molar-refractivity contribution is 6.27. The predicted molar refractivity (Wildman–Crippen MR) is 75.1 cm³/mol. The van der Waals surface area contributed by atoms with E-state index in [1.54, 1.807) is 7.11 Å². The minimum Gasteiger partial charge on any atom is -0.473 e. The molecule has 21 heavy (non-hydrogen) atoms. The smallest absolute Gasteiger partial charge is 0.414 e. The lowest BCUT2D eigenvalue weighted by atomic mass is 10.2. The number of carboxylic acid groups (broad SMARTS) is 2. The number of carboxylic acids is 2. The van der Waals surface area contributed by atoms with Gasteiger partial charge in [-0.05, 0) is 12.8 Å². The average molecular weight is 304 g/mol. The van der Waals surface area contributed by atoms with Crippen LogP contribution in [0.15, 0.2) is 0 Å². The third-order valence-corrected chi connectivity index (χ3v) is 2.90. The van der Waals surface area contributed by atoms with Crippen molar-refractivity contribution in [3.05, 3.63) is 0 Å². The number of likely N-dealkylation sites (tertiary alicyclic amines) is 1. The third kappa shape index (κ3) is 10.7. The molecule has 0 saturated carbocycles. The molecule has 1 fully saturated rings. The fraction of sp³-hybridized carbons (Fsp3) is 0.769. The summed E-state index contributed by atoms with van der Waals surface area (Å²) in [5, 5.41) is 17.9. The Bertz CT molecular complexity index is 315. The van der Waals surface area contributed by atoms with Crippen molar-refractivity contribution in [1.82, 2.24) is 10.2 Å². The molecular formula is C13H24N2O6. The van der Waals surface area contributed by atoms with Crippen LogP contribution in [0.3, 0.4) is 0 Å². The zero-order valence-electron chi connectivity index (χ0n) is 12.3. The maximum atomic E-state index is 11.7. The topological polar surface area (TPSA) is 116 Å².